The molecule has 2 aliphatic carbocycles. The van der Waals surface area contributed by atoms with Gasteiger partial charge in [0.1, 0.15) is 11.1 Å². The van der Waals surface area contributed by atoms with Crippen LogP contribution in [0.5, 0.6) is 0 Å². The number of amides is 1. The van der Waals surface area contributed by atoms with Gasteiger partial charge in [-0.2, -0.15) is 5.26 Å². The molecule has 0 radical (unpaired) electrons. The zero-order valence-corrected chi connectivity index (χ0v) is 10.4. The molecule has 0 aromatic heterocycles. The molecule has 0 atom stereocenters. The standard InChI is InChI=1S/C13H20N2O2/c1-2-9-17-13(5-3-4-6-13)11(16)15-12(10-14)7-8-12/h2-9H2,1H3,(H,15,16). The van der Waals surface area contributed by atoms with Crippen molar-refractivity contribution in [2.24, 2.45) is 0 Å². The molecule has 0 spiro atoms. The third-order valence-electron chi connectivity index (χ3n) is 3.72. The number of hydrogen-bond acceptors (Lipinski definition) is 3. The van der Waals surface area contributed by atoms with Crippen molar-refractivity contribution in [2.45, 2.75) is 63.0 Å². The van der Waals surface area contributed by atoms with E-state index >= 15 is 0 Å². The number of carbonyl (C=O) groups excluding carboxylic acids is 1. The molecule has 4 nitrogen and oxygen atoms in total. The predicted octanol–water partition coefficient (Wildman–Crippen LogP) is 1.90. The van der Waals surface area contributed by atoms with Gasteiger partial charge in [0, 0.05) is 6.61 Å². The number of hydrogen-bond donors (Lipinski definition) is 1. The maximum Gasteiger partial charge on any atom is 0.253 e. The van der Waals surface area contributed by atoms with Crippen LogP contribution in [-0.4, -0.2) is 23.7 Å². The number of ether oxygens (including phenoxy) is 1. The highest BCUT2D eigenvalue weighted by Crippen LogP contribution is 2.38. The molecule has 0 aromatic carbocycles. The topological polar surface area (TPSA) is 62.1 Å². The van der Waals surface area contributed by atoms with Crippen LogP contribution >= 0.6 is 0 Å². The third kappa shape index (κ3) is 2.44. The first-order valence-corrected chi connectivity index (χ1v) is 6.54. The Morgan fingerprint density at radius 3 is 2.47 bits per heavy atom. The summed E-state index contributed by atoms with van der Waals surface area (Å²) in [5, 5.41) is 11.9. The number of nitrogens with one attached hydrogen (secondary N) is 1. The Balaban J connectivity index is 2.01. The lowest BCUT2D eigenvalue weighted by molar-refractivity contribution is -0.147. The monoisotopic (exact) mass is 236 g/mol. The van der Waals surface area contributed by atoms with Crippen LogP contribution < -0.4 is 5.32 Å². The first kappa shape index (κ1) is 12.4. The van der Waals surface area contributed by atoms with Crippen LogP contribution in [0.15, 0.2) is 0 Å². The summed E-state index contributed by atoms with van der Waals surface area (Å²) >= 11 is 0. The van der Waals surface area contributed by atoms with E-state index in [1.165, 1.54) is 0 Å². The van der Waals surface area contributed by atoms with Crippen molar-refractivity contribution >= 4 is 5.91 Å². The second-order valence-corrected chi connectivity index (χ2v) is 5.20. The van der Waals surface area contributed by atoms with Crippen LogP contribution in [0, 0.1) is 11.3 Å². The number of nitrogens with zero attached hydrogens (tertiary/aromatic N) is 1. The van der Waals surface area contributed by atoms with E-state index in [4.69, 9.17) is 10.00 Å². The van der Waals surface area contributed by atoms with E-state index in [0.29, 0.717) is 6.61 Å². The van der Waals surface area contributed by atoms with Crippen molar-refractivity contribution in [3.63, 3.8) is 0 Å². The highest BCUT2D eigenvalue weighted by Gasteiger charge is 2.50. The van der Waals surface area contributed by atoms with Gasteiger partial charge >= 0.3 is 0 Å². The zero-order valence-electron chi connectivity index (χ0n) is 10.4. The summed E-state index contributed by atoms with van der Waals surface area (Å²) in [5.41, 5.74) is -1.23. The fourth-order valence-corrected chi connectivity index (χ4v) is 2.40. The van der Waals surface area contributed by atoms with Gasteiger partial charge in [-0.25, -0.2) is 0 Å². The van der Waals surface area contributed by atoms with Crippen LogP contribution in [0.2, 0.25) is 0 Å². The lowest BCUT2D eigenvalue weighted by Gasteiger charge is -2.29. The molecule has 0 aromatic rings. The van der Waals surface area contributed by atoms with Gasteiger partial charge in [-0.05, 0) is 44.9 Å². The largest absolute Gasteiger partial charge is 0.365 e. The molecule has 94 valence electrons. The Kier molecular flexibility index (Phi) is 3.39. The van der Waals surface area contributed by atoms with E-state index in [0.717, 1.165) is 44.9 Å². The minimum atomic E-state index is -0.650. The van der Waals surface area contributed by atoms with Crippen molar-refractivity contribution in [1.29, 1.82) is 5.26 Å². The van der Waals surface area contributed by atoms with Crippen molar-refractivity contribution in [2.75, 3.05) is 6.61 Å². The van der Waals surface area contributed by atoms with E-state index in [1.807, 2.05) is 6.92 Å². The van der Waals surface area contributed by atoms with E-state index in [9.17, 15) is 4.79 Å². The highest BCUT2D eigenvalue weighted by molar-refractivity contribution is 5.87. The fourth-order valence-electron chi connectivity index (χ4n) is 2.40. The maximum atomic E-state index is 12.3. The van der Waals surface area contributed by atoms with E-state index in [1.54, 1.807) is 0 Å². The minimum absolute atomic E-state index is 0.0671. The second kappa shape index (κ2) is 4.66. The van der Waals surface area contributed by atoms with Gasteiger partial charge in [0.05, 0.1) is 6.07 Å². The van der Waals surface area contributed by atoms with Gasteiger partial charge in [0.15, 0.2) is 0 Å². The summed E-state index contributed by atoms with van der Waals surface area (Å²) in [6, 6.07) is 2.19. The van der Waals surface area contributed by atoms with Gasteiger partial charge in [-0.1, -0.05) is 6.92 Å². The molecule has 1 N–H and O–H groups in total. The summed E-state index contributed by atoms with van der Waals surface area (Å²) < 4.78 is 5.80. The Bertz CT molecular complexity index is 336. The summed E-state index contributed by atoms with van der Waals surface area (Å²) in [7, 11) is 0. The molecule has 4 heteroatoms. The van der Waals surface area contributed by atoms with E-state index < -0.39 is 11.1 Å². The number of carbonyl (C=O) groups is 1. The molecule has 2 saturated carbocycles. The maximum absolute atomic E-state index is 12.3. The van der Waals surface area contributed by atoms with Gasteiger partial charge in [-0.15, -0.1) is 0 Å². The molecule has 0 unspecified atom stereocenters. The normalized spacial score (nSPS) is 24.0. The lowest BCUT2D eigenvalue weighted by Crippen LogP contribution is -2.51. The van der Waals surface area contributed by atoms with Crippen LogP contribution in [0.1, 0.15) is 51.9 Å². The second-order valence-electron chi connectivity index (χ2n) is 5.20. The average molecular weight is 236 g/mol. The van der Waals surface area contributed by atoms with E-state index in [2.05, 4.69) is 11.4 Å². The van der Waals surface area contributed by atoms with Crippen molar-refractivity contribution in [3.8, 4) is 6.07 Å². The zero-order chi connectivity index (χ0) is 12.4. The SMILES string of the molecule is CCCOC1(C(=O)NC2(C#N)CC2)CCCC1. The van der Waals surface area contributed by atoms with Gasteiger partial charge in [-0.3, -0.25) is 4.79 Å². The number of rotatable bonds is 5. The van der Waals surface area contributed by atoms with Gasteiger partial charge < -0.3 is 10.1 Å². The van der Waals surface area contributed by atoms with Crippen molar-refractivity contribution in [1.82, 2.24) is 5.32 Å². The molecule has 2 fully saturated rings. The number of nitriles is 1. The summed E-state index contributed by atoms with van der Waals surface area (Å²) in [5.74, 6) is -0.0671. The molecule has 0 bridgehead atoms. The van der Waals surface area contributed by atoms with Crippen molar-refractivity contribution < 1.29 is 9.53 Å². The molecular formula is C13H20N2O2. The molecular weight excluding hydrogens is 216 g/mol. The van der Waals surface area contributed by atoms with Gasteiger partial charge in [0.2, 0.25) is 0 Å². The lowest BCUT2D eigenvalue weighted by atomic mass is 10.00. The first-order valence-electron chi connectivity index (χ1n) is 6.54. The summed E-state index contributed by atoms with van der Waals surface area (Å²) in [4.78, 5) is 12.3. The predicted molar refractivity (Wildman–Crippen MR) is 63.2 cm³/mol. The minimum Gasteiger partial charge on any atom is -0.365 e. The Labute approximate surface area is 102 Å². The molecule has 2 aliphatic rings. The Hall–Kier alpha value is -1.08. The fraction of sp³-hybridized carbons (Fsp3) is 0.846. The van der Waals surface area contributed by atoms with Crippen LogP contribution in [0.25, 0.3) is 0 Å². The Morgan fingerprint density at radius 1 is 1.35 bits per heavy atom. The summed E-state index contributed by atoms with van der Waals surface area (Å²) in [6.07, 6.45) is 6.13. The molecule has 17 heavy (non-hydrogen) atoms. The third-order valence-corrected chi connectivity index (χ3v) is 3.72. The van der Waals surface area contributed by atoms with Gasteiger partial charge in [0.25, 0.3) is 5.91 Å². The Morgan fingerprint density at radius 2 is 2.00 bits per heavy atom. The quantitative estimate of drug-likeness (QED) is 0.793. The van der Waals surface area contributed by atoms with Crippen LogP contribution in [0.4, 0.5) is 0 Å². The van der Waals surface area contributed by atoms with Crippen LogP contribution in [0.3, 0.4) is 0 Å². The summed E-state index contributed by atoms with van der Waals surface area (Å²) in [6.45, 7) is 2.66. The van der Waals surface area contributed by atoms with E-state index in [-0.39, 0.29) is 5.91 Å². The first-order chi connectivity index (χ1) is 8.16. The molecule has 1 amide bonds. The molecule has 0 aliphatic heterocycles. The van der Waals surface area contributed by atoms with Crippen LogP contribution in [-0.2, 0) is 9.53 Å². The van der Waals surface area contributed by atoms with Crippen molar-refractivity contribution in [3.05, 3.63) is 0 Å². The average Bonchev–Trinajstić information content (AvgIpc) is 2.94. The highest BCUT2D eigenvalue weighted by atomic mass is 16.5. The smallest absolute Gasteiger partial charge is 0.253 e. The molecule has 0 heterocycles. The molecule has 2 rings (SSSR count). The molecule has 0 saturated heterocycles.